The van der Waals surface area contributed by atoms with Crippen LogP contribution in [0.5, 0.6) is 0 Å². The zero-order chi connectivity index (χ0) is 13.9. The van der Waals surface area contributed by atoms with Crippen molar-refractivity contribution in [1.82, 2.24) is 4.98 Å². The number of hydrogen-bond donors (Lipinski definition) is 0. The Balaban J connectivity index is 2.44. The molecule has 6 heteroatoms. The average molecular weight is 337 g/mol. The molecule has 0 fully saturated rings. The highest BCUT2D eigenvalue weighted by atomic mass is 79.9. The quantitative estimate of drug-likeness (QED) is 0.863. The van der Waals surface area contributed by atoms with E-state index in [4.69, 9.17) is 5.26 Å². The number of nitriles is 1. The van der Waals surface area contributed by atoms with Crippen LogP contribution < -0.4 is 0 Å². The second-order valence-electron chi connectivity index (χ2n) is 3.82. The molecule has 0 amide bonds. The lowest BCUT2D eigenvalue weighted by Crippen LogP contribution is -2.08. The maximum atomic E-state index is 12.3. The van der Waals surface area contributed by atoms with Gasteiger partial charge in [-0.15, -0.1) is 0 Å². The molecular weight excluding hydrogens is 328 g/mol. The van der Waals surface area contributed by atoms with Gasteiger partial charge in [0.05, 0.1) is 21.9 Å². The van der Waals surface area contributed by atoms with Gasteiger partial charge in [-0.25, -0.2) is 13.4 Å². The third-order valence-corrected chi connectivity index (χ3v) is 5.01. The number of aromatic nitrogens is 1. The molecule has 0 spiro atoms. The van der Waals surface area contributed by atoms with Crippen molar-refractivity contribution in [2.45, 2.75) is 10.8 Å². The van der Waals surface area contributed by atoms with Crippen LogP contribution in [-0.2, 0) is 15.6 Å². The normalized spacial score (nSPS) is 10.9. The fourth-order valence-corrected chi connectivity index (χ4v) is 4.01. The summed E-state index contributed by atoms with van der Waals surface area (Å²) in [6.07, 6.45) is 1.42. The van der Waals surface area contributed by atoms with Crippen LogP contribution in [0.2, 0.25) is 0 Å². The van der Waals surface area contributed by atoms with Crippen molar-refractivity contribution in [2.24, 2.45) is 0 Å². The second-order valence-corrected chi connectivity index (χ2v) is 6.58. The summed E-state index contributed by atoms with van der Waals surface area (Å²) in [7, 11) is -3.59. The molecule has 2 aromatic rings. The van der Waals surface area contributed by atoms with Crippen LogP contribution in [0.4, 0.5) is 0 Å². The number of rotatable bonds is 3. The van der Waals surface area contributed by atoms with Gasteiger partial charge >= 0.3 is 0 Å². The zero-order valence-corrected chi connectivity index (χ0v) is 12.1. The molecule has 0 aliphatic heterocycles. The summed E-state index contributed by atoms with van der Waals surface area (Å²) in [5, 5.41) is 8.96. The Morgan fingerprint density at radius 3 is 2.63 bits per heavy atom. The molecule has 0 aliphatic carbocycles. The summed E-state index contributed by atoms with van der Waals surface area (Å²) >= 11 is 3.17. The van der Waals surface area contributed by atoms with Gasteiger partial charge in [0.2, 0.25) is 9.84 Å². The second kappa shape index (κ2) is 5.51. The zero-order valence-electron chi connectivity index (χ0n) is 9.75. The van der Waals surface area contributed by atoms with E-state index in [9.17, 15) is 8.42 Å². The van der Waals surface area contributed by atoms with E-state index < -0.39 is 9.84 Å². The molecule has 0 saturated heterocycles. The smallest absolute Gasteiger partial charge is 0.200 e. The molecule has 1 aromatic heterocycles. The van der Waals surface area contributed by atoms with Gasteiger partial charge in [-0.2, -0.15) is 5.26 Å². The molecule has 1 aromatic carbocycles. The summed E-state index contributed by atoms with van der Waals surface area (Å²) in [5.41, 5.74) is 0.834. The number of benzene rings is 1. The van der Waals surface area contributed by atoms with Crippen molar-refractivity contribution in [3.05, 3.63) is 58.2 Å². The first-order chi connectivity index (χ1) is 9.04. The Bertz CT molecular complexity index is 751. The first kappa shape index (κ1) is 13.7. The molecule has 0 aliphatic rings. The molecule has 0 unspecified atom stereocenters. The molecule has 2 rings (SSSR count). The molecule has 19 heavy (non-hydrogen) atoms. The molecule has 0 bridgehead atoms. The molecule has 1 heterocycles. The lowest BCUT2D eigenvalue weighted by molar-refractivity contribution is 0.591. The molecule has 0 atom stereocenters. The highest BCUT2D eigenvalue weighted by Gasteiger charge is 2.21. The van der Waals surface area contributed by atoms with E-state index in [0.717, 1.165) is 0 Å². The average Bonchev–Trinajstić information content (AvgIpc) is 2.39. The van der Waals surface area contributed by atoms with Crippen molar-refractivity contribution in [3.8, 4) is 6.07 Å². The Labute approximate surface area is 119 Å². The SMILES string of the molecule is N#Cc1ccccc1CS(=O)(=O)c1ncccc1Br. The third-order valence-electron chi connectivity index (χ3n) is 2.50. The van der Waals surface area contributed by atoms with E-state index in [2.05, 4.69) is 20.9 Å². The lowest BCUT2D eigenvalue weighted by Gasteiger charge is -2.06. The van der Waals surface area contributed by atoms with Crippen LogP contribution in [0.25, 0.3) is 0 Å². The number of hydrogen-bond acceptors (Lipinski definition) is 4. The number of nitrogens with zero attached hydrogens (tertiary/aromatic N) is 2. The van der Waals surface area contributed by atoms with E-state index >= 15 is 0 Å². The maximum absolute atomic E-state index is 12.3. The highest BCUT2D eigenvalue weighted by molar-refractivity contribution is 9.10. The van der Waals surface area contributed by atoms with E-state index in [1.807, 2.05) is 6.07 Å². The fraction of sp³-hybridized carbons (Fsp3) is 0.0769. The van der Waals surface area contributed by atoms with E-state index in [0.29, 0.717) is 15.6 Å². The molecule has 4 nitrogen and oxygen atoms in total. The van der Waals surface area contributed by atoms with Crippen molar-refractivity contribution < 1.29 is 8.42 Å². The largest absolute Gasteiger partial charge is 0.244 e. The predicted octanol–water partition coefficient (Wildman–Crippen LogP) is 2.69. The van der Waals surface area contributed by atoms with Crippen LogP contribution in [0.15, 0.2) is 52.1 Å². The van der Waals surface area contributed by atoms with Crippen molar-refractivity contribution >= 4 is 25.8 Å². The van der Waals surface area contributed by atoms with Gasteiger partial charge < -0.3 is 0 Å². The topological polar surface area (TPSA) is 70.8 Å². The van der Waals surface area contributed by atoms with Crippen LogP contribution in [0, 0.1) is 11.3 Å². The monoisotopic (exact) mass is 336 g/mol. The Morgan fingerprint density at radius 1 is 1.21 bits per heavy atom. The van der Waals surface area contributed by atoms with Crippen molar-refractivity contribution in [1.29, 1.82) is 5.26 Å². The Morgan fingerprint density at radius 2 is 1.95 bits per heavy atom. The van der Waals surface area contributed by atoms with Crippen molar-refractivity contribution in [2.75, 3.05) is 0 Å². The van der Waals surface area contributed by atoms with Gasteiger partial charge in [0.25, 0.3) is 0 Å². The Hall–Kier alpha value is -1.71. The summed E-state index contributed by atoms with van der Waals surface area (Å²) in [6, 6.07) is 11.9. The lowest BCUT2D eigenvalue weighted by atomic mass is 10.1. The summed E-state index contributed by atoms with van der Waals surface area (Å²) in [5.74, 6) is -0.244. The first-order valence-corrected chi connectivity index (χ1v) is 7.80. The fourth-order valence-electron chi connectivity index (χ4n) is 1.63. The van der Waals surface area contributed by atoms with Gasteiger partial charge in [-0.3, -0.25) is 0 Å². The molecule has 96 valence electrons. The standard InChI is InChI=1S/C13H9BrN2O2S/c14-12-6-3-7-16-13(12)19(17,18)9-11-5-2-1-4-10(11)8-15/h1-7H,9H2. The Kier molecular flexibility index (Phi) is 3.98. The maximum Gasteiger partial charge on any atom is 0.200 e. The first-order valence-electron chi connectivity index (χ1n) is 5.36. The minimum atomic E-state index is -3.59. The van der Waals surface area contributed by atoms with Crippen molar-refractivity contribution in [3.63, 3.8) is 0 Å². The number of pyridine rings is 1. The number of halogens is 1. The van der Waals surface area contributed by atoms with Crippen LogP contribution in [0.1, 0.15) is 11.1 Å². The van der Waals surface area contributed by atoms with Gasteiger partial charge in [-0.05, 0) is 39.7 Å². The summed E-state index contributed by atoms with van der Waals surface area (Å²) in [4.78, 5) is 3.88. The van der Waals surface area contributed by atoms with E-state index in [-0.39, 0.29) is 10.8 Å². The van der Waals surface area contributed by atoms with Crippen LogP contribution in [-0.4, -0.2) is 13.4 Å². The highest BCUT2D eigenvalue weighted by Crippen LogP contribution is 2.23. The molecular formula is C13H9BrN2O2S. The summed E-state index contributed by atoms with van der Waals surface area (Å²) in [6.45, 7) is 0. The van der Waals surface area contributed by atoms with E-state index in [1.165, 1.54) is 6.20 Å². The molecule has 0 N–H and O–H groups in total. The minimum absolute atomic E-state index is 0.0113. The molecule has 0 saturated carbocycles. The summed E-state index contributed by atoms with van der Waals surface area (Å²) < 4.78 is 25.0. The van der Waals surface area contributed by atoms with Gasteiger partial charge in [0.1, 0.15) is 0 Å². The van der Waals surface area contributed by atoms with Crippen LogP contribution in [0.3, 0.4) is 0 Å². The van der Waals surface area contributed by atoms with Gasteiger partial charge in [-0.1, -0.05) is 18.2 Å². The van der Waals surface area contributed by atoms with Gasteiger partial charge in [0, 0.05) is 6.20 Å². The minimum Gasteiger partial charge on any atom is -0.244 e. The van der Waals surface area contributed by atoms with E-state index in [1.54, 1.807) is 36.4 Å². The number of sulfone groups is 1. The van der Waals surface area contributed by atoms with Gasteiger partial charge in [0.15, 0.2) is 5.03 Å². The third kappa shape index (κ3) is 3.00. The van der Waals surface area contributed by atoms with Crippen LogP contribution >= 0.6 is 15.9 Å². The molecule has 0 radical (unpaired) electrons. The predicted molar refractivity (Wildman–Crippen MR) is 74.0 cm³/mol.